The van der Waals surface area contributed by atoms with E-state index in [4.69, 9.17) is 24.2 Å². The lowest BCUT2D eigenvalue weighted by molar-refractivity contribution is -0.0592. The SMILES string of the molecule is COC(=O)c1ccc2nc(CN3CCC(c4cccc(OCc5cccc(C(C)=O)c5)n4)CC3)n(C[C@@H]3CCO3)c2c1. The number of piperidine rings is 1. The molecular weight excluding hydrogens is 532 g/mol. The Morgan fingerprint density at radius 2 is 1.79 bits per heavy atom. The largest absolute Gasteiger partial charge is 0.473 e. The fourth-order valence-electron chi connectivity index (χ4n) is 5.74. The molecule has 9 heteroatoms. The first-order chi connectivity index (χ1) is 20.5. The molecule has 2 saturated heterocycles. The summed E-state index contributed by atoms with van der Waals surface area (Å²) in [5.74, 6) is 1.64. The quantitative estimate of drug-likeness (QED) is 0.191. The number of rotatable bonds is 10. The van der Waals surface area contributed by atoms with Crippen molar-refractivity contribution in [3.8, 4) is 5.88 Å². The Bertz CT molecular complexity index is 1590. The van der Waals surface area contributed by atoms with E-state index in [9.17, 15) is 9.59 Å². The normalized spacial score (nSPS) is 17.6. The number of pyridine rings is 1. The van der Waals surface area contributed by atoms with E-state index in [0.29, 0.717) is 29.5 Å². The van der Waals surface area contributed by atoms with Crippen molar-refractivity contribution >= 4 is 22.8 Å². The molecule has 2 aromatic heterocycles. The van der Waals surface area contributed by atoms with Crippen molar-refractivity contribution in [3.05, 3.63) is 88.9 Å². The lowest BCUT2D eigenvalue weighted by atomic mass is 9.93. The van der Waals surface area contributed by atoms with Crippen molar-refractivity contribution in [3.63, 3.8) is 0 Å². The molecule has 4 heterocycles. The van der Waals surface area contributed by atoms with Gasteiger partial charge in [0.2, 0.25) is 5.88 Å². The molecule has 0 radical (unpaired) electrons. The average Bonchev–Trinajstić information content (AvgIpc) is 3.33. The van der Waals surface area contributed by atoms with E-state index in [1.165, 1.54) is 7.11 Å². The molecule has 0 bridgehead atoms. The zero-order valence-corrected chi connectivity index (χ0v) is 24.1. The maximum absolute atomic E-state index is 12.2. The number of carbonyl (C=O) groups is 2. The summed E-state index contributed by atoms with van der Waals surface area (Å²) >= 11 is 0. The molecule has 0 spiro atoms. The van der Waals surface area contributed by atoms with Gasteiger partial charge in [0.25, 0.3) is 0 Å². The summed E-state index contributed by atoms with van der Waals surface area (Å²) in [7, 11) is 1.40. The molecule has 2 fully saturated rings. The first-order valence-corrected chi connectivity index (χ1v) is 14.6. The Kier molecular flexibility index (Phi) is 8.30. The summed E-state index contributed by atoms with van der Waals surface area (Å²) in [5, 5.41) is 0. The monoisotopic (exact) mass is 568 g/mol. The Morgan fingerprint density at radius 3 is 2.52 bits per heavy atom. The van der Waals surface area contributed by atoms with E-state index in [1.807, 2.05) is 48.5 Å². The Labute approximate surface area is 245 Å². The number of fused-ring (bicyclic) bond motifs is 1. The number of aromatic nitrogens is 3. The Morgan fingerprint density at radius 1 is 0.976 bits per heavy atom. The van der Waals surface area contributed by atoms with Crippen LogP contribution in [-0.2, 0) is 29.2 Å². The van der Waals surface area contributed by atoms with Gasteiger partial charge in [-0.25, -0.2) is 14.8 Å². The topological polar surface area (TPSA) is 95.8 Å². The molecule has 42 heavy (non-hydrogen) atoms. The van der Waals surface area contributed by atoms with Crippen LogP contribution in [0.1, 0.15) is 69.9 Å². The van der Waals surface area contributed by atoms with E-state index in [0.717, 1.165) is 80.2 Å². The number of carbonyl (C=O) groups excluding carboxylic acids is 2. The molecule has 2 aliphatic heterocycles. The van der Waals surface area contributed by atoms with Gasteiger partial charge >= 0.3 is 5.97 Å². The van der Waals surface area contributed by atoms with Crippen LogP contribution >= 0.6 is 0 Å². The van der Waals surface area contributed by atoms with Crippen LogP contribution in [0, 0.1) is 0 Å². The summed E-state index contributed by atoms with van der Waals surface area (Å²) in [6.07, 6.45) is 3.19. The highest BCUT2D eigenvalue weighted by molar-refractivity contribution is 5.94. The molecule has 2 aromatic carbocycles. The lowest BCUT2D eigenvalue weighted by Gasteiger charge is -2.32. The predicted molar refractivity (Wildman–Crippen MR) is 158 cm³/mol. The third kappa shape index (κ3) is 6.22. The highest BCUT2D eigenvalue weighted by Crippen LogP contribution is 2.30. The molecule has 0 N–H and O–H groups in total. The minimum Gasteiger partial charge on any atom is -0.473 e. The summed E-state index contributed by atoms with van der Waals surface area (Å²) < 4.78 is 18.9. The van der Waals surface area contributed by atoms with Gasteiger partial charge in [-0.1, -0.05) is 24.3 Å². The number of likely N-dealkylation sites (tertiary alicyclic amines) is 1. The molecule has 0 unspecified atom stereocenters. The second-order valence-electron chi connectivity index (χ2n) is 11.1. The molecule has 218 valence electrons. The van der Waals surface area contributed by atoms with Crippen LogP contribution in [0.15, 0.2) is 60.7 Å². The van der Waals surface area contributed by atoms with Crippen molar-refractivity contribution in [1.29, 1.82) is 0 Å². The lowest BCUT2D eigenvalue weighted by Crippen LogP contribution is -2.35. The molecular formula is C33H36N4O5. The zero-order chi connectivity index (χ0) is 29.1. The number of nitrogens with zero attached hydrogens (tertiary/aromatic N) is 4. The van der Waals surface area contributed by atoms with E-state index in [2.05, 4.69) is 15.5 Å². The number of methoxy groups -OCH3 is 1. The van der Waals surface area contributed by atoms with E-state index in [1.54, 1.807) is 13.0 Å². The number of imidazole rings is 1. The number of esters is 1. The Balaban J connectivity index is 1.10. The van der Waals surface area contributed by atoms with Gasteiger partial charge in [0.05, 0.1) is 42.9 Å². The highest BCUT2D eigenvalue weighted by Gasteiger charge is 2.26. The van der Waals surface area contributed by atoms with Crippen LogP contribution in [0.3, 0.4) is 0 Å². The number of Topliss-reactive ketones (excluding diaryl/α,β-unsaturated/α-hetero) is 1. The molecule has 4 aromatic rings. The molecule has 0 aliphatic carbocycles. The van der Waals surface area contributed by atoms with Gasteiger partial charge in [0.1, 0.15) is 12.4 Å². The summed E-state index contributed by atoms with van der Waals surface area (Å²) in [6, 6.07) is 19.0. The van der Waals surface area contributed by atoms with Crippen LogP contribution in [-0.4, -0.2) is 64.1 Å². The summed E-state index contributed by atoms with van der Waals surface area (Å²) in [6.45, 7) is 6.06. The predicted octanol–water partition coefficient (Wildman–Crippen LogP) is 5.17. The van der Waals surface area contributed by atoms with Crippen LogP contribution < -0.4 is 4.74 Å². The van der Waals surface area contributed by atoms with Crippen LogP contribution in [0.25, 0.3) is 11.0 Å². The smallest absolute Gasteiger partial charge is 0.337 e. The van der Waals surface area contributed by atoms with Crippen LogP contribution in [0.5, 0.6) is 5.88 Å². The molecule has 0 saturated carbocycles. The highest BCUT2D eigenvalue weighted by atomic mass is 16.5. The van der Waals surface area contributed by atoms with Gasteiger partial charge in [-0.05, 0) is 75.2 Å². The first-order valence-electron chi connectivity index (χ1n) is 14.6. The van der Waals surface area contributed by atoms with Gasteiger partial charge < -0.3 is 18.8 Å². The van der Waals surface area contributed by atoms with Gasteiger partial charge in [-0.3, -0.25) is 9.69 Å². The van der Waals surface area contributed by atoms with Crippen molar-refractivity contribution in [2.45, 2.75) is 57.9 Å². The van der Waals surface area contributed by atoms with Gasteiger partial charge in [-0.2, -0.15) is 0 Å². The van der Waals surface area contributed by atoms with Crippen molar-refractivity contribution < 1.29 is 23.8 Å². The average molecular weight is 569 g/mol. The second kappa shape index (κ2) is 12.4. The van der Waals surface area contributed by atoms with E-state index >= 15 is 0 Å². The molecule has 1 atom stereocenters. The number of ketones is 1. The number of benzene rings is 2. The molecule has 2 aliphatic rings. The maximum Gasteiger partial charge on any atom is 0.337 e. The summed E-state index contributed by atoms with van der Waals surface area (Å²) in [5.41, 5.74) is 5.01. The van der Waals surface area contributed by atoms with Crippen molar-refractivity contribution in [2.75, 3.05) is 26.8 Å². The minimum absolute atomic E-state index is 0.0423. The number of hydrogen-bond acceptors (Lipinski definition) is 8. The fraction of sp³-hybridized carbons (Fsp3) is 0.394. The van der Waals surface area contributed by atoms with Crippen LogP contribution in [0.4, 0.5) is 0 Å². The third-order valence-corrected chi connectivity index (χ3v) is 8.26. The Hall–Kier alpha value is -4.08. The minimum atomic E-state index is -0.349. The fourth-order valence-corrected chi connectivity index (χ4v) is 5.74. The zero-order valence-electron chi connectivity index (χ0n) is 24.1. The van der Waals surface area contributed by atoms with Crippen LogP contribution in [0.2, 0.25) is 0 Å². The number of ether oxygens (including phenoxy) is 3. The third-order valence-electron chi connectivity index (χ3n) is 8.26. The molecule has 6 rings (SSSR count). The van der Waals surface area contributed by atoms with E-state index in [-0.39, 0.29) is 17.9 Å². The van der Waals surface area contributed by atoms with Gasteiger partial charge in [0, 0.05) is 29.8 Å². The molecule has 9 nitrogen and oxygen atoms in total. The maximum atomic E-state index is 12.2. The van der Waals surface area contributed by atoms with Gasteiger partial charge in [0.15, 0.2) is 5.78 Å². The summed E-state index contributed by atoms with van der Waals surface area (Å²) in [4.78, 5) is 36.1. The molecule has 0 amide bonds. The van der Waals surface area contributed by atoms with Crippen molar-refractivity contribution in [1.82, 2.24) is 19.4 Å². The number of hydrogen-bond donors (Lipinski definition) is 0. The first kappa shape index (κ1) is 28.1. The second-order valence-corrected chi connectivity index (χ2v) is 11.1. The van der Waals surface area contributed by atoms with Gasteiger partial charge in [-0.15, -0.1) is 0 Å². The van der Waals surface area contributed by atoms with E-state index < -0.39 is 0 Å². The standard InChI is InChI=1S/C33H36N4O5/c1-22(38)25-6-3-5-23(17-25)21-42-32-8-4-7-28(35-32)24-11-14-36(15-12-24)20-31-34-29-10-9-26(33(39)40-2)18-30(29)37(31)19-27-13-16-41-27/h3-10,17-18,24,27H,11-16,19-21H2,1-2H3/t27-/m0/s1. The van der Waals surface area contributed by atoms with Crippen molar-refractivity contribution in [2.24, 2.45) is 0 Å².